The summed E-state index contributed by atoms with van der Waals surface area (Å²) in [7, 11) is 0. The Morgan fingerprint density at radius 3 is 2.73 bits per heavy atom. The first-order valence-electron chi connectivity index (χ1n) is 5.07. The molecule has 2 aliphatic carbocycles. The number of carbonyl (C=O) groups excluding carboxylic acids is 1. The van der Waals surface area contributed by atoms with Gasteiger partial charge < -0.3 is 4.55 Å². The van der Waals surface area contributed by atoms with Gasteiger partial charge in [0.25, 0.3) is 5.91 Å². The Hall–Kier alpha value is -0.360. The lowest BCUT2D eigenvalue weighted by atomic mass is 10.2. The van der Waals surface area contributed by atoms with Gasteiger partial charge in [-0.15, -0.1) is 0 Å². The number of nitrogens with one attached hydrogen (secondary N) is 1. The Kier molecular flexibility index (Phi) is 3.16. The van der Waals surface area contributed by atoms with Crippen molar-refractivity contribution in [3.63, 3.8) is 0 Å². The predicted molar refractivity (Wildman–Crippen MR) is 51.5 cm³/mol. The van der Waals surface area contributed by atoms with E-state index in [9.17, 15) is 18.1 Å². The van der Waals surface area contributed by atoms with Crippen molar-refractivity contribution >= 4 is 17.3 Å². The molecule has 0 spiro atoms. The van der Waals surface area contributed by atoms with Gasteiger partial charge in [-0.3, -0.25) is 4.79 Å². The van der Waals surface area contributed by atoms with E-state index in [1.165, 1.54) is 0 Å². The molecule has 0 radical (unpaired) electrons. The van der Waals surface area contributed by atoms with Crippen molar-refractivity contribution in [2.24, 2.45) is 11.8 Å². The highest BCUT2D eigenvalue weighted by molar-refractivity contribution is 7.90. The molecule has 6 heteroatoms. The van der Waals surface area contributed by atoms with Crippen LogP contribution in [0.5, 0.6) is 0 Å². The van der Waals surface area contributed by atoms with Crippen molar-refractivity contribution in [3.8, 4) is 0 Å². The van der Waals surface area contributed by atoms with Gasteiger partial charge in [-0.05, 0) is 12.3 Å². The lowest BCUT2D eigenvalue weighted by molar-refractivity contribution is -0.120. The number of amides is 1. The van der Waals surface area contributed by atoms with Gasteiger partial charge >= 0.3 is 0 Å². The molecule has 2 saturated carbocycles. The lowest BCUT2D eigenvalue weighted by Crippen LogP contribution is -2.34. The average molecular weight is 237 g/mol. The summed E-state index contributed by atoms with van der Waals surface area (Å²) in [5.41, 5.74) is 0. The number of hydrogen-bond acceptors (Lipinski definition) is 2. The van der Waals surface area contributed by atoms with Crippen molar-refractivity contribution in [2.75, 3.05) is 0 Å². The van der Waals surface area contributed by atoms with Crippen LogP contribution in [0.3, 0.4) is 0 Å². The van der Waals surface area contributed by atoms with E-state index in [1.54, 1.807) is 0 Å². The van der Waals surface area contributed by atoms with E-state index in [0.717, 1.165) is 12.8 Å². The topological polar surface area (TPSA) is 52.2 Å². The van der Waals surface area contributed by atoms with E-state index >= 15 is 0 Å². The Morgan fingerprint density at radius 1 is 1.53 bits per heavy atom. The fourth-order valence-corrected chi connectivity index (χ4v) is 2.68. The molecule has 3 nitrogen and oxygen atoms in total. The summed E-state index contributed by atoms with van der Waals surface area (Å²) >= 11 is -1.29. The third-order valence-corrected chi connectivity index (χ3v) is 4.25. The Morgan fingerprint density at radius 2 is 2.20 bits per heavy atom. The molecule has 1 amide bonds. The molecule has 0 saturated heterocycles. The monoisotopic (exact) mass is 237 g/mol. The van der Waals surface area contributed by atoms with E-state index in [1.807, 2.05) is 0 Å². The molecule has 2 fully saturated rings. The first-order valence-corrected chi connectivity index (χ1v) is 6.28. The molecule has 3 atom stereocenters. The number of hydrogen-bond donors (Lipinski definition) is 1. The summed E-state index contributed by atoms with van der Waals surface area (Å²) in [5.74, 6) is -0.853. The number of halogens is 2. The molecule has 2 aliphatic rings. The molecule has 0 heterocycles. The second-order valence-corrected chi connectivity index (χ2v) is 5.66. The largest absolute Gasteiger partial charge is 0.593 e. The summed E-state index contributed by atoms with van der Waals surface area (Å²) in [4.78, 5) is 11.4. The Balaban J connectivity index is 1.69. The zero-order valence-electron chi connectivity index (χ0n) is 8.12. The van der Waals surface area contributed by atoms with Crippen LogP contribution in [0.4, 0.5) is 8.78 Å². The second kappa shape index (κ2) is 4.25. The van der Waals surface area contributed by atoms with Crippen LogP contribution in [0.2, 0.25) is 0 Å². The molecule has 2 rings (SSSR count). The van der Waals surface area contributed by atoms with Crippen molar-refractivity contribution in [2.45, 2.75) is 37.4 Å². The first kappa shape index (κ1) is 11.1. The van der Waals surface area contributed by atoms with Gasteiger partial charge in [-0.25, -0.2) is 8.78 Å². The van der Waals surface area contributed by atoms with Crippen molar-refractivity contribution in [1.82, 2.24) is 4.72 Å². The van der Waals surface area contributed by atoms with E-state index in [2.05, 4.69) is 4.72 Å². The zero-order chi connectivity index (χ0) is 11.0. The Bertz CT molecular complexity index is 260. The van der Waals surface area contributed by atoms with Crippen LogP contribution >= 0.6 is 0 Å². The number of carbonyl (C=O) groups is 1. The highest BCUT2D eigenvalue weighted by atomic mass is 32.2. The third kappa shape index (κ3) is 3.04. The maximum absolute atomic E-state index is 12.0. The summed E-state index contributed by atoms with van der Waals surface area (Å²) in [6.45, 7) is 0. The molecule has 3 unspecified atom stereocenters. The van der Waals surface area contributed by atoms with E-state index in [0.29, 0.717) is 6.42 Å². The van der Waals surface area contributed by atoms with Gasteiger partial charge in [-0.1, -0.05) is 0 Å². The van der Waals surface area contributed by atoms with Gasteiger partial charge in [0.2, 0.25) is 6.43 Å². The van der Waals surface area contributed by atoms with Crippen molar-refractivity contribution < 1.29 is 18.1 Å². The van der Waals surface area contributed by atoms with Gasteiger partial charge in [-0.2, -0.15) is 4.72 Å². The maximum atomic E-state index is 12.0. The summed E-state index contributed by atoms with van der Waals surface area (Å²) in [6, 6.07) is 0. The smallest absolute Gasteiger partial charge is 0.264 e. The molecular weight excluding hydrogens is 224 g/mol. The summed E-state index contributed by atoms with van der Waals surface area (Å²) in [6.07, 6.45) is -0.274. The van der Waals surface area contributed by atoms with Gasteiger partial charge in [0.05, 0.1) is 11.4 Å². The lowest BCUT2D eigenvalue weighted by Gasteiger charge is -2.09. The summed E-state index contributed by atoms with van der Waals surface area (Å²) < 4.78 is 37.6. The highest BCUT2D eigenvalue weighted by Gasteiger charge is 2.47. The first-order chi connectivity index (χ1) is 7.08. The Labute approximate surface area is 89.9 Å². The molecule has 86 valence electrons. The molecule has 1 N–H and O–H groups in total. The van der Waals surface area contributed by atoms with E-state index in [4.69, 9.17) is 0 Å². The number of rotatable bonds is 5. The van der Waals surface area contributed by atoms with Gasteiger partial charge in [0.1, 0.15) is 5.25 Å². The van der Waals surface area contributed by atoms with Gasteiger partial charge in [0.15, 0.2) is 0 Å². The fraction of sp³-hybridized carbons (Fsp3) is 0.889. The summed E-state index contributed by atoms with van der Waals surface area (Å²) in [5, 5.41) is 0.0984. The molecule has 0 aromatic rings. The average Bonchev–Trinajstić information content (AvgIpc) is 2.97. The minimum atomic E-state index is -2.35. The van der Waals surface area contributed by atoms with Crippen LogP contribution in [-0.2, 0) is 16.2 Å². The van der Waals surface area contributed by atoms with Crippen molar-refractivity contribution in [3.05, 3.63) is 0 Å². The second-order valence-electron chi connectivity index (χ2n) is 4.19. The van der Waals surface area contributed by atoms with E-state index < -0.39 is 17.8 Å². The maximum Gasteiger partial charge on any atom is 0.264 e. The normalized spacial score (nSPS) is 31.5. The fourth-order valence-electron chi connectivity index (χ4n) is 1.60. The molecular formula is C9H13F2NO2S. The van der Waals surface area contributed by atoms with Crippen molar-refractivity contribution in [1.29, 1.82) is 0 Å². The van der Waals surface area contributed by atoms with E-state index in [-0.39, 0.29) is 29.4 Å². The molecule has 0 aromatic carbocycles. The van der Waals surface area contributed by atoms with Crippen LogP contribution < -0.4 is 4.72 Å². The predicted octanol–water partition coefficient (Wildman–Crippen LogP) is 1.22. The number of alkyl halides is 2. The van der Waals surface area contributed by atoms with Crippen LogP contribution in [0.1, 0.15) is 25.7 Å². The third-order valence-electron chi connectivity index (χ3n) is 2.77. The standard InChI is InChI=1S/C9H13F2NO2S/c10-8(11)4-5-3-7(5)9(13)12-15(14)6-1-2-6/h5-8H,1-4H2,(H,12,13). The zero-order valence-corrected chi connectivity index (χ0v) is 8.93. The van der Waals surface area contributed by atoms with Gasteiger partial charge in [0, 0.05) is 25.2 Å². The molecule has 0 bridgehead atoms. The minimum absolute atomic E-state index is 0.0984. The van der Waals surface area contributed by atoms with Crippen LogP contribution in [0, 0.1) is 11.8 Å². The minimum Gasteiger partial charge on any atom is -0.593 e. The molecule has 0 aliphatic heterocycles. The van der Waals surface area contributed by atoms with Crippen LogP contribution in [-0.4, -0.2) is 22.1 Å². The van der Waals surface area contributed by atoms with Crippen LogP contribution in [0.25, 0.3) is 0 Å². The highest BCUT2D eigenvalue weighted by Crippen LogP contribution is 2.43. The molecule has 15 heavy (non-hydrogen) atoms. The van der Waals surface area contributed by atoms with Crippen LogP contribution in [0.15, 0.2) is 0 Å². The quantitative estimate of drug-likeness (QED) is 0.731. The molecule has 0 aromatic heterocycles. The SMILES string of the molecule is O=C(N[S+]([O-])C1CC1)C1CC1CC(F)F.